The first-order chi connectivity index (χ1) is 15.2. The van der Waals surface area contributed by atoms with Crippen LogP contribution in [0.4, 0.5) is 5.82 Å². The van der Waals surface area contributed by atoms with Crippen LogP contribution in [0.15, 0.2) is 85.2 Å². The van der Waals surface area contributed by atoms with Gasteiger partial charge >= 0.3 is 0 Å². The number of hydrogen-bond donors (Lipinski definition) is 2. The number of anilines is 1. The first-order valence-electron chi connectivity index (χ1n) is 10.2. The summed E-state index contributed by atoms with van der Waals surface area (Å²) in [6, 6.07) is 23.3. The maximum atomic E-state index is 13.0. The Hall–Kier alpha value is -4.00. The van der Waals surface area contributed by atoms with Crippen molar-refractivity contribution in [1.82, 2.24) is 25.1 Å². The Morgan fingerprint density at radius 2 is 1.61 bits per heavy atom. The first kappa shape index (κ1) is 20.3. The maximum Gasteiger partial charge on any atom is 0.232 e. The standard InChI is InChI=1S/C24H24N6O/c1-18-28-21(17-22(29-18)30-16-8-13-27-30)25-14-15-26-24(31)23(19-9-4-2-5-10-19)20-11-6-3-7-12-20/h2-13,16-17,23H,14-15H2,1H3,(H,26,31)(H,25,28,29). The highest BCUT2D eigenvalue weighted by molar-refractivity contribution is 5.87. The maximum absolute atomic E-state index is 13.0. The fourth-order valence-corrected chi connectivity index (χ4v) is 3.43. The number of carbonyl (C=O) groups excluding carboxylic acids is 1. The molecule has 2 heterocycles. The third-order valence-corrected chi connectivity index (χ3v) is 4.82. The summed E-state index contributed by atoms with van der Waals surface area (Å²) in [5.41, 5.74) is 1.93. The van der Waals surface area contributed by atoms with Crippen molar-refractivity contribution in [3.05, 3.63) is 102 Å². The Morgan fingerprint density at radius 1 is 0.935 bits per heavy atom. The summed E-state index contributed by atoms with van der Waals surface area (Å²) in [5.74, 6) is 1.64. The van der Waals surface area contributed by atoms with Crippen LogP contribution in [0.2, 0.25) is 0 Å². The molecule has 0 spiro atoms. The van der Waals surface area contributed by atoms with Crippen molar-refractivity contribution < 1.29 is 4.79 Å². The number of benzene rings is 2. The summed E-state index contributed by atoms with van der Waals surface area (Å²) in [5, 5.41) is 10.5. The zero-order chi connectivity index (χ0) is 21.5. The first-order valence-corrected chi connectivity index (χ1v) is 10.2. The molecule has 2 aromatic carbocycles. The molecular formula is C24H24N6O. The lowest BCUT2D eigenvalue weighted by Gasteiger charge is -2.18. The predicted octanol–water partition coefficient (Wildman–Crippen LogP) is 3.33. The highest BCUT2D eigenvalue weighted by Gasteiger charge is 2.21. The quantitative estimate of drug-likeness (QED) is 0.434. The van der Waals surface area contributed by atoms with Crippen LogP contribution in [-0.4, -0.2) is 38.7 Å². The smallest absolute Gasteiger partial charge is 0.232 e. The van der Waals surface area contributed by atoms with Crippen molar-refractivity contribution >= 4 is 11.7 Å². The average molecular weight is 412 g/mol. The van der Waals surface area contributed by atoms with Crippen LogP contribution < -0.4 is 10.6 Å². The van der Waals surface area contributed by atoms with Crippen molar-refractivity contribution in [2.75, 3.05) is 18.4 Å². The minimum Gasteiger partial charge on any atom is -0.368 e. The van der Waals surface area contributed by atoms with Gasteiger partial charge in [-0.05, 0) is 24.1 Å². The van der Waals surface area contributed by atoms with Crippen molar-refractivity contribution in [2.45, 2.75) is 12.8 Å². The molecule has 4 rings (SSSR count). The van der Waals surface area contributed by atoms with Crippen LogP contribution in [0.1, 0.15) is 22.9 Å². The van der Waals surface area contributed by atoms with E-state index in [9.17, 15) is 4.79 Å². The monoisotopic (exact) mass is 412 g/mol. The second kappa shape index (κ2) is 9.67. The van der Waals surface area contributed by atoms with Gasteiger partial charge in [-0.2, -0.15) is 5.10 Å². The summed E-state index contributed by atoms with van der Waals surface area (Å²) in [6.07, 6.45) is 3.54. The molecule has 0 aliphatic rings. The third kappa shape index (κ3) is 5.14. The molecule has 0 radical (unpaired) electrons. The molecule has 7 nitrogen and oxygen atoms in total. The second-order valence-electron chi connectivity index (χ2n) is 7.08. The van der Waals surface area contributed by atoms with Gasteiger partial charge in [0.15, 0.2) is 5.82 Å². The molecule has 31 heavy (non-hydrogen) atoms. The number of aromatic nitrogens is 4. The zero-order valence-corrected chi connectivity index (χ0v) is 17.3. The molecule has 0 atom stereocenters. The highest BCUT2D eigenvalue weighted by Crippen LogP contribution is 2.24. The van der Waals surface area contributed by atoms with E-state index in [0.29, 0.717) is 30.5 Å². The molecule has 7 heteroatoms. The van der Waals surface area contributed by atoms with Crippen LogP contribution in [0.25, 0.3) is 5.82 Å². The second-order valence-corrected chi connectivity index (χ2v) is 7.08. The molecule has 2 N–H and O–H groups in total. The normalized spacial score (nSPS) is 10.8. The minimum atomic E-state index is -0.352. The Kier molecular flexibility index (Phi) is 6.32. The molecule has 0 aliphatic heterocycles. The molecular weight excluding hydrogens is 388 g/mol. The third-order valence-electron chi connectivity index (χ3n) is 4.82. The number of aryl methyl sites for hydroxylation is 1. The van der Waals surface area contributed by atoms with Gasteiger partial charge in [-0.1, -0.05) is 60.7 Å². The molecule has 156 valence electrons. The van der Waals surface area contributed by atoms with E-state index < -0.39 is 0 Å². The van der Waals surface area contributed by atoms with Crippen LogP contribution in [0.5, 0.6) is 0 Å². The van der Waals surface area contributed by atoms with Crippen molar-refractivity contribution in [3.8, 4) is 5.82 Å². The average Bonchev–Trinajstić information content (AvgIpc) is 3.33. The molecule has 0 saturated carbocycles. The van der Waals surface area contributed by atoms with Gasteiger partial charge in [-0.15, -0.1) is 0 Å². The van der Waals surface area contributed by atoms with Gasteiger partial charge in [0, 0.05) is 31.5 Å². The van der Waals surface area contributed by atoms with E-state index in [1.807, 2.05) is 85.9 Å². The van der Waals surface area contributed by atoms with E-state index in [4.69, 9.17) is 0 Å². The van der Waals surface area contributed by atoms with Crippen LogP contribution in [-0.2, 0) is 4.79 Å². The van der Waals surface area contributed by atoms with Crippen molar-refractivity contribution in [1.29, 1.82) is 0 Å². The van der Waals surface area contributed by atoms with E-state index in [1.165, 1.54) is 0 Å². The predicted molar refractivity (Wildman–Crippen MR) is 120 cm³/mol. The van der Waals surface area contributed by atoms with Crippen molar-refractivity contribution in [2.24, 2.45) is 0 Å². The lowest BCUT2D eigenvalue weighted by molar-refractivity contribution is -0.121. The molecule has 2 aromatic heterocycles. The summed E-state index contributed by atoms with van der Waals surface area (Å²) in [4.78, 5) is 21.9. The fourth-order valence-electron chi connectivity index (χ4n) is 3.43. The van der Waals surface area contributed by atoms with Gasteiger partial charge in [-0.3, -0.25) is 4.79 Å². The number of amides is 1. The summed E-state index contributed by atoms with van der Waals surface area (Å²) < 4.78 is 1.69. The van der Waals surface area contributed by atoms with E-state index >= 15 is 0 Å². The van der Waals surface area contributed by atoms with Gasteiger partial charge in [0.05, 0.1) is 5.92 Å². The SMILES string of the molecule is Cc1nc(NCCNC(=O)C(c2ccccc2)c2ccccc2)cc(-n2cccn2)n1. The molecule has 1 amide bonds. The zero-order valence-electron chi connectivity index (χ0n) is 17.3. The number of nitrogens with one attached hydrogen (secondary N) is 2. The molecule has 0 unspecified atom stereocenters. The van der Waals surface area contributed by atoms with Crippen LogP contribution >= 0.6 is 0 Å². The minimum absolute atomic E-state index is 0.0321. The largest absolute Gasteiger partial charge is 0.368 e. The lowest BCUT2D eigenvalue weighted by atomic mass is 9.90. The molecule has 4 aromatic rings. The van der Waals surface area contributed by atoms with Gasteiger partial charge in [-0.25, -0.2) is 14.6 Å². The number of hydrogen-bond acceptors (Lipinski definition) is 5. The van der Waals surface area contributed by atoms with E-state index in [1.54, 1.807) is 10.9 Å². The van der Waals surface area contributed by atoms with E-state index in [0.717, 1.165) is 11.1 Å². The Bertz CT molecular complexity index is 1070. The Morgan fingerprint density at radius 3 is 2.23 bits per heavy atom. The van der Waals surface area contributed by atoms with E-state index in [-0.39, 0.29) is 11.8 Å². The van der Waals surface area contributed by atoms with Crippen LogP contribution in [0.3, 0.4) is 0 Å². The molecule has 0 saturated heterocycles. The van der Waals surface area contributed by atoms with Gasteiger partial charge in [0.1, 0.15) is 11.6 Å². The number of nitrogens with zero attached hydrogens (tertiary/aromatic N) is 4. The van der Waals surface area contributed by atoms with E-state index in [2.05, 4.69) is 25.7 Å². The van der Waals surface area contributed by atoms with Gasteiger partial charge in [0.2, 0.25) is 5.91 Å². The van der Waals surface area contributed by atoms with Gasteiger partial charge < -0.3 is 10.6 Å². The Balaban J connectivity index is 1.39. The Labute approximate surface area is 181 Å². The number of carbonyl (C=O) groups is 1. The topological polar surface area (TPSA) is 84.7 Å². The number of rotatable bonds is 8. The summed E-state index contributed by atoms with van der Waals surface area (Å²) >= 11 is 0. The molecule has 0 bridgehead atoms. The lowest BCUT2D eigenvalue weighted by Crippen LogP contribution is -2.33. The fraction of sp³-hybridized carbons (Fsp3) is 0.167. The summed E-state index contributed by atoms with van der Waals surface area (Å²) in [7, 11) is 0. The van der Waals surface area contributed by atoms with Crippen LogP contribution in [0, 0.1) is 6.92 Å². The highest BCUT2D eigenvalue weighted by atomic mass is 16.1. The molecule has 0 aliphatic carbocycles. The van der Waals surface area contributed by atoms with Gasteiger partial charge in [0.25, 0.3) is 0 Å². The molecule has 0 fully saturated rings. The van der Waals surface area contributed by atoms with Crippen molar-refractivity contribution in [3.63, 3.8) is 0 Å². The summed E-state index contributed by atoms with van der Waals surface area (Å²) in [6.45, 7) is 2.84.